The summed E-state index contributed by atoms with van der Waals surface area (Å²) in [6.45, 7) is 1.73. The highest BCUT2D eigenvalue weighted by Crippen LogP contribution is 2.39. The van der Waals surface area contributed by atoms with Crippen molar-refractivity contribution >= 4 is 49.9 Å². The zero-order valence-electron chi connectivity index (χ0n) is 12.6. The molecule has 1 aromatic heterocycles. The zero-order chi connectivity index (χ0) is 16.6. The molecule has 120 valence electrons. The standard InChI is InChI=1S/C15H16BrIN6/c1-22-8-20-21-15(22)9-2-4-23(5-3-9)14-10(7-18)13(19)12(17)6-11(14)16/h6,8-9H,2-5,19H2,1H3. The van der Waals surface area contributed by atoms with E-state index in [9.17, 15) is 5.26 Å². The Kier molecular flexibility index (Phi) is 4.77. The van der Waals surface area contributed by atoms with Crippen LogP contribution in [-0.2, 0) is 7.05 Å². The number of anilines is 2. The SMILES string of the molecule is Cn1cnnc1C1CCN(c2c(Br)cc(I)c(N)c2C#N)CC1. The second-order valence-electron chi connectivity index (χ2n) is 5.65. The highest BCUT2D eigenvalue weighted by Gasteiger charge is 2.27. The number of piperidine rings is 1. The molecule has 1 fully saturated rings. The van der Waals surface area contributed by atoms with Crippen molar-refractivity contribution in [1.82, 2.24) is 14.8 Å². The highest BCUT2D eigenvalue weighted by molar-refractivity contribution is 14.1. The number of nitriles is 1. The average Bonchev–Trinajstić information content (AvgIpc) is 2.97. The molecule has 1 saturated heterocycles. The van der Waals surface area contributed by atoms with Gasteiger partial charge in [-0.2, -0.15) is 5.26 Å². The molecule has 0 atom stereocenters. The quantitative estimate of drug-likeness (QED) is 0.521. The number of nitrogens with zero attached hydrogens (tertiary/aromatic N) is 5. The Bertz CT molecular complexity index is 773. The van der Waals surface area contributed by atoms with Crippen LogP contribution in [0.1, 0.15) is 30.1 Å². The van der Waals surface area contributed by atoms with E-state index in [1.54, 1.807) is 6.33 Å². The van der Waals surface area contributed by atoms with E-state index >= 15 is 0 Å². The fraction of sp³-hybridized carbons (Fsp3) is 0.400. The summed E-state index contributed by atoms with van der Waals surface area (Å²) >= 11 is 5.75. The summed E-state index contributed by atoms with van der Waals surface area (Å²) in [7, 11) is 1.98. The molecule has 0 aliphatic carbocycles. The van der Waals surface area contributed by atoms with Crippen molar-refractivity contribution in [3.8, 4) is 6.07 Å². The minimum absolute atomic E-state index is 0.407. The van der Waals surface area contributed by atoms with Crippen LogP contribution in [0.5, 0.6) is 0 Å². The second kappa shape index (κ2) is 6.65. The van der Waals surface area contributed by atoms with Crippen LogP contribution in [0.25, 0.3) is 0 Å². The Balaban J connectivity index is 1.85. The van der Waals surface area contributed by atoms with Crippen molar-refractivity contribution in [2.45, 2.75) is 18.8 Å². The summed E-state index contributed by atoms with van der Waals surface area (Å²) < 4.78 is 3.80. The van der Waals surface area contributed by atoms with Gasteiger partial charge in [-0.05, 0) is 57.4 Å². The monoisotopic (exact) mass is 486 g/mol. The van der Waals surface area contributed by atoms with Crippen LogP contribution in [0.4, 0.5) is 11.4 Å². The number of aryl methyl sites for hydroxylation is 1. The largest absolute Gasteiger partial charge is 0.397 e. The van der Waals surface area contributed by atoms with Gasteiger partial charge in [-0.3, -0.25) is 0 Å². The molecule has 0 spiro atoms. The van der Waals surface area contributed by atoms with E-state index in [4.69, 9.17) is 5.73 Å². The minimum Gasteiger partial charge on any atom is -0.397 e. The van der Waals surface area contributed by atoms with Crippen LogP contribution in [0, 0.1) is 14.9 Å². The molecular formula is C15H16BrIN6. The third-order valence-corrected chi connectivity index (χ3v) is 5.77. The Hall–Kier alpha value is -1.34. The molecule has 23 heavy (non-hydrogen) atoms. The Morgan fingerprint density at radius 2 is 2.13 bits per heavy atom. The van der Waals surface area contributed by atoms with Gasteiger partial charge in [-0.15, -0.1) is 10.2 Å². The summed E-state index contributed by atoms with van der Waals surface area (Å²) in [6.07, 6.45) is 3.71. The first-order valence-electron chi connectivity index (χ1n) is 7.29. The van der Waals surface area contributed by atoms with Gasteiger partial charge in [-0.25, -0.2) is 0 Å². The molecule has 3 rings (SSSR count). The third-order valence-electron chi connectivity index (χ3n) is 4.28. The topological polar surface area (TPSA) is 83.8 Å². The summed E-state index contributed by atoms with van der Waals surface area (Å²) in [5.74, 6) is 1.44. The first kappa shape index (κ1) is 16.5. The molecule has 1 aliphatic heterocycles. The van der Waals surface area contributed by atoms with E-state index < -0.39 is 0 Å². The van der Waals surface area contributed by atoms with E-state index in [2.05, 4.69) is 59.7 Å². The van der Waals surface area contributed by atoms with Crippen LogP contribution in [0.3, 0.4) is 0 Å². The smallest absolute Gasteiger partial charge is 0.135 e. The van der Waals surface area contributed by atoms with E-state index in [-0.39, 0.29) is 0 Å². The highest BCUT2D eigenvalue weighted by atomic mass is 127. The predicted molar refractivity (Wildman–Crippen MR) is 101 cm³/mol. The number of nitrogen functional groups attached to an aromatic ring is 1. The number of benzene rings is 1. The molecule has 0 bridgehead atoms. The summed E-state index contributed by atoms with van der Waals surface area (Å²) in [5.41, 5.74) is 8.11. The van der Waals surface area contributed by atoms with Crippen molar-refractivity contribution in [2.24, 2.45) is 7.05 Å². The molecular weight excluding hydrogens is 471 g/mol. The van der Waals surface area contributed by atoms with E-state index in [1.165, 1.54) is 0 Å². The maximum Gasteiger partial charge on any atom is 0.135 e. The lowest BCUT2D eigenvalue weighted by molar-refractivity contribution is 0.474. The Labute approximate surface area is 156 Å². The summed E-state index contributed by atoms with van der Waals surface area (Å²) in [6, 6.07) is 4.24. The van der Waals surface area contributed by atoms with Crippen LogP contribution in [0.2, 0.25) is 0 Å². The Morgan fingerprint density at radius 3 is 2.70 bits per heavy atom. The number of aromatic nitrogens is 3. The normalized spacial score (nSPS) is 15.7. The van der Waals surface area contributed by atoms with Crippen LogP contribution in [-0.4, -0.2) is 27.9 Å². The number of rotatable bonds is 2. The average molecular weight is 487 g/mol. The lowest BCUT2D eigenvalue weighted by atomic mass is 9.95. The number of nitrogens with two attached hydrogens (primary N) is 1. The molecule has 2 N–H and O–H groups in total. The van der Waals surface area contributed by atoms with Crippen molar-refractivity contribution in [2.75, 3.05) is 23.7 Å². The number of hydrogen-bond donors (Lipinski definition) is 1. The second-order valence-corrected chi connectivity index (χ2v) is 7.67. The number of halogens is 2. The van der Waals surface area contributed by atoms with Crippen LogP contribution < -0.4 is 10.6 Å². The predicted octanol–water partition coefficient (Wildman–Crippen LogP) is 3.02. The maximum atomic E-state index is 9.51. The van der Waals surface area contributed by atoms with Gasteiger partial charge in [0, 0.05) is 34.1 Å². The molecule has 0 unspecified atom stereocenters. The van der Waals surface area contributed by atoms with Crippen molar-refractivity contribution in [3.05, 3.63) is 31.8 Å². The Morgan fingerprint density at radius 1 is 1.43 bits per heavy atom. The van der Waals surface area contributed by atoms with E-state index in [0.717, 1.165) is 45.5 Å². The molecule has 0 amide bonds. The van der Waals surface area contributed by atoms with Gasteiger partial charge in [0.05, 0.1) is 11.4 Å². The van der Waals surface area contributed by atoms with Crippen LogP contribution in [0.15, 0.2) is 16.9 Å². The van der Waals surface area contributed by atoms with Crippen LogP contribution >= 0.6 is 38.5 Å². The summed E-state index contributed by atoms with van der Waals surface area (Å²) in [5, 5.41) is 17.7. The van der Waals surface area contributed by atoms with Crippen molar-refractivity contribution < 1.29 is 0 Å². The van der Waals surface area contributed by atoms with Gasteiger partial charge in [0.1, 0.15) is 23.8 Å². The zero-order valence-corrected chi connectivity index (χ0v) is 16.4. The lowest BCUT2D eigenvalue weighted by Gasteiger charge is -2.34. The molecule has 2 aromatic rings. The van der Waals surface area contributed by atoms with E-state index in [1.807, 2.05) is 17.7 Å². The molecule has 8 heteroatoms. The summed E-state index contributed by atoms with van der Waals surface area (Å²) in [4.78, 5) is 2.24. The molecule has 0 saturated carbocycles. The first-order valence-corrected chi connectivity index (χ1v) is 9.16. The molecule has 1 aliphatic rings. The van der Waals surface area contributed by atoms with Crippen molar-refractivity contribution in [3.63, 3.8) is 0 Å². The minimum atomic E-state index is 0.407. The third kappa shape index (κ3) is 3.04. The van der Waals surface area contributed by atoms with Gasteiger partial charge in [0.25, 0.3) is 0 Å². The van der Waals surface area contributed by atoms with Gasteiger partial charge in [0.2, 0.25) is 0 Å². The molecule has 0 radical (unpaired) electrons. The molecule has 6 nitrogen and oxygen atoms in total. The maximum absolute atomic E-state index is 9.51. The lowest BCUT2D eigenvalue weighted by Crippen LogP contribution is -2.34. The van der Waals surface area contributed by atoms with Gasteiger partial charge < -0.3 is 15.2 Å². The molecule has 1 aromatic carbocycles. The van der Waals surface area contributed by atoms with Gasteiger partial charge in [0.15, 0.2) is 0 Å². The van der Waals surface area contributed by atoms with Crippen molar-refractivity contribution in [1.29, 1.82) is 5.26 Å². The number of hydrogen-bond acceptors (Lipinski definition) is 5. The fourth-order valence-corrected chi connectivity index (χ4v) is 4.76. The van der Waals surface area contributed by atoms with Gasteiger partial charge >= 0.3 is 0 Å². The molecule has 2 heterocycles. The fourth-order valence-electron chi connectivity index (χ4n) is 3.07. The first-order chi connectivity index (χ1) is 11.0. The van der Waals surface area contributed by atoms with Gasteiger partial charge in [-0.1, -0.05) is 0 Å². The van der Waals surface area contributed by atoms with E-state index in [0.29, 0.717) is 17.2 Å².